The van der Waals surface area contributed by atoms with Crippen molar-refractivity contribution >= 4 is 0 Å². The van der Waals surface area contributed by atoms with E-state index in [9.17, 15) is 5.11 Å². The van der Waals surface area contributed by atoms with Gasteiger partial charge in [0.05, 0.1) is 13.7 Å². The summed E-state index contributed by atoms with van der Waals surface area (Å²) in [6, 6.07) is 7.60. The molecular weight excluding hydrogens is 266 g/mol. The standard InChI is InChI=1S/C17H27NO3/c1-3-18-10-8-14(9-11-18)15(12-19)13-21-17-6-4-16(20-2)5-7-17/h4-7,14-15,19H,3,8-13H2,1-2H3. The van der Waals surface area contributed by atoms with Gasteiger partial charge in [-0.15, -0.1) is 0 Å². The van der Waals surface area contributed by atoms with Crippen LogP contribution in [0.25, 0.3) is 0 Å². The first-order valence-electron chi connectivity index (χ1n) is 7.86. The van der Waals surface area contributed by atoms with Crippen LogP contribution in [0.2, 0.25) is 0 Å². The maximum atomic E-state index is 9.65. The number of nitrogens with zero attached hydrogens (tertiary/aromatic N) is 1. The van der Waals surface area contributed by atoms with E-state index in [1.807, 2.05) is 24.3 Å². The van der Waals surface area contributed by atoms with Gasteiger partial charge < -0.3 is 19.5 Å². The van der Waals surface area contributed by atoms with E-state index in [4.69, 9.17) is 9.47 Å². The van der Waals surface area contributed by atoms with E-state index >= 15 is 0 Å². The van der Waals surface area contributed by atoms with Crippen molar-refractivity contribution in [1.82, 2.24) is 4.90 Å². The summed E-state index contributed by atoms with van der Waals surface area (Å²) in [4.78, 5) is 2.47. The minimum atomic E-state index is 0.201. The Labute approximate surface area is 127 Å². The molecule has 1 N–H and O–H groups in total. The van der Waals surface area contributed by atoms with Crippen LogP contribution in [0.3, 0.4) is 0 Å². The largest absolute Gasteiger partial charge is 0.497 e. The fraction of sp³-hybridized carbons (Fsp3) is 0.647. The Morgan fingerprint density at radius 2 is 1.81 bits per heavy atom. The van der Waals surface area contributed by atoms with Gasteiger partial charge in [-0.3, -0.25) is 0 Å². The van der Waals surface area contributed by atoms with Gasteiger partial charge in [-0.1, -0.05) is 6.92 Å². The van der Waals surface area contributed by atoms with Gasteiger partial charge in [0.2, 0.25) is 0 Å². The third-order valence-electron chi connectivity index (χ3n) is 4.50. The van der Waals surface area contributed by atoms with Crippen LogP contribution in [0.1, 0.15) is 19.8 Å². The average molecular weight is 293 g/mol. The van der Waals surface area contributed by atoms with Crippen LogP contribution in [-0.2, 0) is 0 Å². The maximum absolute atomic E-state index is 9.65. The van der Waals surface area contributed by atoms with Gasteiger partial charge in [0.15, 0.2) is 0 Å². The second kappa shape index (κ2) is 8.25. The smallest absolute Gasteiger partial charge is 0.119 e. The summed E-state index contributed by atoms with van der Waals surface area (Å²) in [5.74, 6) is 2.45. The topological polar surface area (TPSA) is 41.9 Å². The number of piperidine rings is 1. The molecule has 118 valence electrons. The SMILES string of the molecule is CCN1CCC(C(CO)COc2ccc(OC)cc2)CC1. The highest BCUT2D eigenvalue weighted by Gasteiger charge is 2.26. The molecule has 0 amide bonds. The van der Waals surface area contributed by atoms with Crippen molar-refractivity contribution in [3.05, 3.63) is 24.3 Å². The number of likely N-dealkylation sites (tertiary alicyclic amines) is 1. The van der Waals surface area contributed by atoms with Gasteiger partial charge >= 0.3 is 0 Å². The lowest BCUT2D eigenvalue weighted by molar-refractivity contribution is 0.0756. The van der Waals surface area contributed by atoms with Crippen molar-refractivity contribution in [2.24, 2.45) is 11.8 Å². The summed E-state index contributed by atoms with van der Waals surface area (Å²) in [6.45, 7) is 6.39. The first-order valence-corrected chi connectivity index (χ1v) is 7.86. The van der Waals surface area contributed by atoms with Gasteiger partial charge in [0.1, 0.15) is 11.5 Å². The molecule has 1 unspecified atom stereocenters. The average Bonchev–Trinajstić information content (AvgIpc) is 2.56. The molecule has 1 fully saturated rings. The van der Waals surface area contributed by atoms with Gasteiger partial charge in [-0.25, -0.2) is 0 Å². The van der Waals surface area contributed by atoms with Crippen LogP contribution in [0.15, 0.2) is 24.3 Å². The molecule has 0 aliphatic carbocycles. The molecule has 4 heteroatoms. The van der Waals surface area contributed by atoms with Crippen molar-refractivity contribution in [2.75, 3.05) is 40.0 Å². The first kappa shape index (κ1) is 16.1. The summed E-state index contributed by atoms with van der Waals surface area (Å²) >= 11 is 0. The van der Waals surface area contributed by atoms with E-state index < -0.39 is 0 Å². The van der Waals surface area contributed by atoms with Gasteiger partial charge in [-0.05, 0) is 62.7 Å². The molecule has 0 radical (unpaired) electrons. The number of hydrogen-bond acceptors (Lipinski definition) is 4. The second-order valence-corrected chi connectivity index (χ2v) is 5.70. The Morgan fingerprint density at radius 3 is 2.33 bits per heavy atom. The number of methoxy groups -OCH3 is 1. The predicted molar refractivity (Wildman–Crippen MR) is 83.9 cm³/mol. The molecule has 1 atom stereocenters. The minimum absolute atomic E-state index is 0.201. The highest BCUT2D eigenvalue weighted by molar-refractivity contribution is 5.31. The number of hydrogen-bond donors (Lipinski definition) is 1. The van der Waals surface area contributed by atoms with Crippen molar-refractivity contribution < 1.29 is 14.6 Å². The van der Waals surface area contributed by atoms with Crippen molar-refractivity contribution in [1.29, 1.82) is 0 Å². The molecule has 1 aliphatic rings. The molecule has 0 bridgehead atoms. The quantitative estimate of drug-likeness (QED) is 0.838. The second-order valence-electron chi connectivity index (χ2n) is 5.70. The molecule has 1 aromatic rings. The molecule has 1 aromatic carbocycles. The van der Waals surface area contributed by atoms with Crippen LogP contribution >= 0.6 is 0 Å². The molecule has 1 aliphatic heterocycles. The molecule has 2 rings (SSSR count). The van der Waals surface area contributed by atoms with Gasteiger partial charge in [-0.2, -0.15) is 0 Å². The van der Waals surface area contributed by atoms with E-state index in [0.717, 1.165) is 44.0 Å². The third-order valence-corrected chi connectivity index (χ3v) is 4.50. The van der Waals surface area contributed by atoms with E-state index in [0.29, 0.717) is 12.5 Å². The van der Waals surface area contributed by atoms with Crippen LogP contribution in [-0.4, -0.2) is 50.0 Å². The Bertz CT molecular complexity index is 399. The lowest BCUT2D eigenvalue weighted by Gasteiger charge is -2.34. The summed E-state index contributed by atoms with van der Waals surface area (Å²) in [6.07, 6.45) is 2.32. The number of aliphatic hydroxyl groups excluding tert-OH is 1. The minimum Gasteiger partial charge on any atom is -0.497 e. The van der Waals surface area contributed by atoms with E-state index in [1.165, 1.54) is 0 Å². The molecule has 0 aromatic heterocycles. The molecule has 1 saturated heterocycles. The van der Waals surface area contributed by atoms with Crippen molar-refractivity contribution in [3.63, 3.8) is 0 Å². The molecular formula is C17H27NO3. The lowest BCUT2D eigenvalue weighted by Crippen LogP contribution is -2.38. The summed E-state index contributed by atoms with van der Waals surface area (Å²) in [5, 5.41) is 9.65. The van der Waals surface area contributed by atoms with Gasteiger partial charge in [0.25, 0.3) is 0 Å². The van der Waals surface area contributed by atoms with Crippen LogP contribution < -0.4 is 9.47 Å². The fourth-order valence-corrected chi connectivity index (χ4v) is 2.95. The van der Waals surface area contributed by atoms with Crippen LogP contribution in [0.4, 0.5) is 0 Å². The van der Waals surface area contributed by atoms with Crippen molar-refractivity contribution in [3.8, 4) is 11.5 Å². The fourth-order valence-electron chi connectivity index (χ4n) is 2.95. The monoisotopic (exact) mass is 293 g/mol. The highest BCUT2D eigenvalue weighted by atomic mass is 16.5. The molecule has 0 spiro atoms. The number of ether oxygens (including phenoxy) is 2. The number of benzene rings is 1. The predicted octanol–water partition coefficient (Wildman–Crippen LogP) is 2.41. The zero-order chi connectivity index (χ0) is 15.1. The highest BCUT2D eigenvalue weighted by Crippen LogP contribution is 2.26. The Balaban J connectivity index is 1.81. The molecule has 21 heavy (non-hydrogen) atoms. The number of rotatable bonds is 7. The maximum Gasteiger partial charge on any atom is 0.119 e. The third kappa shape index (κ3) is 4.61. The van der Waals surface area contributed by atoms with E-state index in [1.54, 1.807) is 7.11 Å². The Hall–Kier alpha value is -1.26. The summed E-state index contributed by atoms with van der Waals surface area (Å²) < 4.78 is 11.0. The Kier molecular flexibility index (Phi) is 6.33. The van der Waals surface area contributed by atoms with Crippen molar-refractivity contribution in [2.45, 2.75) is 19.8 Å². The lowest BCUT2D eigenvalue weighted by atomic mass is 9.85. The first-order chi connectivity index (χ1) is 10.3. The number of aliphatic hydroxyl groups is 1. The molecule has 4 nitrogen and oxygen atoms in total. The summed E-state index contributed by atoms with van der Waals surface area (Å²) in [5.41, 5.74) is 0. The normalized spacial score (nSPS) is 18.4. The van der Waals surface area contributed by atoms with Crippen LogP contribution in [0.5, 0.6) is 11.5 Å². The van der Waals surface area contributed by atoms with Crippen LogP contribution in [0, 0.1) is 11.8 Å². The van der Waals surface area contributed by atoms with E-state index in [-0.39, 0.29) is 12.5 Å². The molecule has 1 heterocycles. The zero-order valence-electron chi connectivity index (χ0n) is 13.1. The zero-order valence-corrected chi connectivity index (χ0v) is 13.1. The Morgan fingerprint density at radius 1 is 1.19 bits per heavy atom. The summed E-state index contributed by atoms with van der Waals surface area (Å²) in [7, 11) is 1.65. The molecule has 0 saturated carbocycles. The van der Waals surface area contributed by atoms with Gasteiger partial charge in [0, 0.05) is 12.5 Å². The van der Waals surface area contributed by atoms with E-state index in [2.05, 4.69) is 11.8 Å².